The molecule has 2 amide bonds. The second kappa shape index (κ2) is 11.0. The van der Waals surface area contributed by atoms with Gasteiger partial charge in [0, 0.05) is 21.4 Å². The molecule has 3 aromatic carbocycles. The predicted molar refractivity (Wildman–Crippen MR) is 142 cm³/mol. The minimum absolute atomic E-state index is 0.0226. The molecule has 0 bridgehead atoms. The van der Waals surface area contributed by atoms with E-state index in [1.807, 2.05) is 13.0 Å². The van der Waals surface area contributed by atoms with Crippen molar-refractivity contribution >= 4 is 69.8 Å². The number of amides is 2. The highest BCUT2D eigenvalue weighted by atomic mass is 35.5. The number of nitrogens with zero attached hydrogens (tertiary/aromatic N) is 1. The van der Waals surface area contributed by atoms with Gasteiger partial charge in [-0.2, -0.15) is 0 Å². The zero-order chi connectivity index (χ0) is 25.1. The van der Waals surface area contributed by atoms with Gasteiger partial charge in [0.2, 0.25) is 5.91 Å². The molecule has 4 rings (SSSR count). The number of carbonyl (C=O) groups excluding carboxylic acids is 2. The van der Waals surface area contributed by atoms with Crippen molar-refractivity contribution in [1.82, 2.24) is 0 Å². The van der Waals surface area contributed by atoms with Crippen molar-refractivity contribution in [2.24, 2.45) is 0 Å². The van der Waals surface area contributed by atoms with Crippen molar-refractivity contribution in [1.29, 1.82) is 0 Å². The number of rotatable bonds is 7. The summed E-state index contributed by atoms with van der Waals surface area (Å²) in [4.78, 5) is 26.8. The summed E-state index contributed by atoms with van der Waals surface area (Å²) in [6.45, 7) is 1.60. The van der Waals surface area contributed by atoms with Crippen molar-refractivity contribution in [2.45, 2.75) is 12.3 Å². The van der Waals surface area contributed by atoms with Crippen LogP contribution >= 0.6 is 46.6 Å². The van der Waals surface area contributed by atoms with Crippen molar-refractivity contribution in [2.75, 3.05) is 29.7 Å². The van der Waals surface area contributed by atoms with Crippen LogP contribution in [0.4, 0.5) is 11.4 Å². The molecule has 0 saturated carbocycles. The highest BCUT2D eigenvalue weighted by Gasteiger charge is 2.35. The first-order valence-electron chi connectivity index (χ1n) is 10.5. The number of halogens is 3. The zero-order valence-corrected chi connectivity index (χ0v) is 21.9. The Kier molecular flexibility index (Phi) is 8.02. The number of benzene rings is 3. The quantitative estimate of drug-likeness (QED) is 0.351. The van der Waals surface area contributed by atoms with Crippen molar-refractivity contribution in [3.05, 3.63) is 80.8 Å². The van der Waals surface area contributed by atoms with E-state index in [0.717, 1.165) is 16.8 Å². The number of hydrogen-bond acceptors (Lipinski definition) is 5. The van der Waals surface area contributed by atoms with Gasteiger partial charge in [-0.25, -0.2) is 0 Å². The lowest BCUT2D eigenvalue weighted by molar-refractivity contribution is -0.118. The number of anilines is 2. The first-order valence-corrected chi connectivity index (χ1v) is 12.7. The molecular weight excluding hydrogens is 531 g/mol. The molecule has 0 aromatic heterocycles. The van der Waals surface area contributed by atoms with Gasteiger partial charge < -0.3 is 14.8 Å². The third kappa shape index (κ3) is 5.81. The summed E-state index contributed by atoms with van der Waals surface area (Å²) in [7, 11) is 1.49. The highest BCUT2D eigenvalue weighted by molar-refractivity contribution is 8.00. The molecule has 1 fully saturated rings. The zero-order valence-electron chi connectivity index (χ0n) is 18.8. The molecule has 1 aliphatic rings. The Morgan fingerprint density at radius 2 is 1.83 bits per heavy atom. The lowest BCUT2D eigenvalue weighted by Crippen LogP contribution is -2.27. The maximum absolute atomic E-state index is 12.6. The Morgan fingerprint density at radius 3 is 2.51 bits per heavy atom. The fourth-order valence-corrected chi connectivity index (χ4v) is 5.32. The monoisotopic (exact) mass is 550 g/mol. The topological polar surface area (TPSA) is 67.9 Å². The molecule has 35 heavy (non-hydrogen) atoms. The minimum Gasteiger partial charge on any atom is -0.493 e. The Balaban J connectivity index is 1.51. The second-order valence-electron chi connectivity index (χ2n) is 7.74. The van der Waals surface area contributed by atoms with Gasteiger partial charge in [-0.15, -0.1) is 11.8 Å². The van der Waals surface area contributed by atoms with Crippen molar-refractivity contribution in [3.8, 4) is 11.5 Å². The molecule has 1 N–H and O–H groups in total. The molecule has 0 spiro atoms. The molecule has 1 heterocycles. The number of ether oxygens (including phenoxy) is 2. The van der Waals surface area contributed by atoms with Gasteiger partial charge >= 0.3 is 0 Å². The first kappa shape index (κ1) is 25.5. The van der Waals surface area contributed by atoms with Gasteiger partial charge in [-0.1, -0.05) is 40.9 Å². The fourth-order valence-electron chi connectivity index (χ4n) is 3.58. The van der Waals surface area contributed by atoms with Crippen LogP contribution in [-0.2, 0) is 9.59 Å². The number of hydrogen-bond donors (Lipinski definition) is 1. The molecule has 0 radical (unpaired) electrons. The average molecular weight is 552 g/mol. The van der Waals surface area contributed by atoms with Gasteiger partial charge in [0.25, 0.3) is 5.91 Å². The maximum atomic E-state index is 12.6. The summed E-state index contributed by atoms with van der Waals surface area (Å²) >= 11 is 20.1. The largest absolute Gasteiger partial charge is 0.493 e. The van der Waals surface area contributed by atoms with E-state index in [2.05, 4.69) is 5.32 Å². The Bertz CT molecular complexity index is 1270. The number of thioether (sulfide) groups is 1. The summed E-state index contributed by atoms with van der Waals surface area (Å²) < 4.78 is 11.2. The smallest absolute Gasteiger partial charge is 0.262 e. The predicted octanol–water partition coefficient (Wildman–Crippen LogP) is 6.76. The van der Waals surface area contributed by atoms with Crippen molar-refractivity contribution < 1.29 is 19.1 Å². The second-order valence-corrected chi connectivity index (χ2v) is 10.1. The van der Waals surface area contributed by atoms with Gasteiger partial charge in [-0.3, -0.25) is 14.5 Å². The van der Waals surface area contributed by atoms with Gasteiger partial charge in [-0.05, 0) is 66.6 Å². The number of carbonyl (C=O) groups is 2. The molecule has 1 saturated heterocycles. The summed E-state index contributed by atoms with van der Waals surface area (Å²) in [6.07, 6.45) is 0. The number of aryl methyl sites for hydroxylation is 1. The van der Waals surface area contributed by atoms with Gasteiger partial charge in [0.05, 0.1) is 17.9 Å². The molecule has 182 valence electrons. The van der Waals surface area contributed by atoms with E-state index in [1.165, 1.54) is 18.9 Å². The van der Waals surface area contributed by atoms with Crippen LogP contribution < -0.4 is 19.7 Å². The standard InChI is InChI=1S/C25H21Cl3N2O4S/c1-14-3-6-17(11-19(14)27)29-22(31)12-34-24-20(28)9-15(10-21(24)33-2)25-30(23(32)13-35-25)18-7-4-16(26)5-8-18/h3-11,25H,12-13H2,1-2H3,(H,29,31)/t25-/m0/s1. The van der Waals surface area contributed by atoms with Gasteiger partial charge in [0.1, 0.15) is 5.37 Å². The summed E-state index contributed by atoms with van der Waals surface area (Å²) in [5.74, 6) is 0.523. The molecule has 0 unspecified atom stereocenters. The van der Waals surface area contributed by atoms with E-state index in [-0.39, 0.29) is 34.6 Å². The van der Waals surface area contributed by atoms with Crippen LogP contribution in [0.2, 0.25) is 15.1 Å². The molecule has 0 aliphatic carbocycles. The maximum Gasteiger partial charge on any atom is 0.262 e. The van der Waals surface area contributed by atoms with Crippen molar-refractivity contribution in [3.63, 3.8) is 0 Å². The Labute approximate surface area is 222 Å². The average Bonchev–Trinajstić information content (AvgIpc) is 3.22. The van der Waals surface area contributed by atoms with E-state index in [4.69, 9.17) is 44.3 Å². The van der Waals surface area contributed by atoms with Crippen LogP contribution in [0.15, 0.2) is 54.6 Å². The molecule has 3 aromatic rings. The molecule has 6 nitrogen and oxygen atoms in total. The fraction of sp³-hybridized carbons (Fsp3) is 0.200. The van der Waals surface area contributed by atoms with Crippen LogP contribution in [0.3, 0.4) is 0 Å². The SMILES string of the molecule is COc1cc([C@@H]2SCC(=O)N2c2ccc(Cl)cc2)cc(Cl)c1OCC(=O)Nc1ccc(C)c(Cl)c1. The molecule has 1 atom stereocenters. The molecule has 1 aliphatic heterocycles. The van der Waals surface area contributed by atoms with E-state index in [1.54, 1.807) is 53.4 Å². The Morgan fingerprint density at radius 1 is 1.09 bits per heavy atom. The molecule has 10 heteroatoms. The van der Waals surface area contributed by atoms with Gasteiger partial charge in [0.15, 0.2) is 18.1 Å². The summed E-state index contributed by atoms with van der Waals surface area (Å²) in [5, 5.41) is 3.84. The van der Waals surface area contributed by atoms with Crippen LogP contribution in [0.25, 0.3) is 0 Å². The van der Waals surface area contributed by atoms with E-state index >= 15 is 0 Å². The number of methoxy groups -OCH3 is 1. The van der Waals surface area contributed by atoms with Crippen LogP contribution in [-0.4, -0.2) is 31.3 Å². The highest BCUT2D eigenvalue weighted by Crippen LogP contribution is 2.46. The molecular formula is C25H21Cl3N2O4S. The Hall–Kier alpha value is -2.58. The van der Waals surface area contributed by atoms with Crippen LogP contribution in [0.5, 0.6) is 11.5 Å². The van der Waals surface area contributed by atoms with E-state index < -0.39 is 0 Å². The van der Waals surface area contributed by atoms with Crippen LogP contribution in [0.1, 0.15) is 16.5 Å². The van der Waals surface area contributed by atoms with E-state index in [0.29, 0.717) is 27.2 Å². The van der Waals surface area contributed by atoms with E-state index in [9.17, 15) is 9.59 Å². The minimum atomic E-state index is -0.377. The number of nitrogens with one attached hydrogen (secondary N) is 1. The third-order valence-corrected chi connectivity index (χ3v) is 7.47. The van der Waals surface area contributed by atoms with Crippen LogP contribution in [0, 0.1) is 6.92 Å². The summed E-state index contributed by atoms with van der Waals surface area (Å²) in [5.41, 5.74) is 2.98. The normalized spacial score (nSPS) is 15.3. The first-order chi connectivity index (χ1) is 16.8. The third-order valence-electron chi connectivity index (χ3n) is 5.31. The lowest BCUT2D eigenvalue weighted by atomic mass is 10.1. The lowest BCUT2D eigenvalue weighted by Gasteiger charge is -2.25. The summed E-state index contributed by atoms with van der Waals surface area (Å²) in [6, 6.07) is 15.8.